The zero-order valence-electron chi connectivity index (χ0n) is 12.6. The van der Waals surface area contributed by atoms with Gasteiger partial charge in [-0.15, -0.1) is 0 Å². The summed E-state index contributed by atoms with van der Waals surface area (Å²) < 4.78 is 3.05. The van der Waals surface area contributed by atoms with Crippen molar-refractivity contribution < 1.29 is 9.36 Å². The van der Waals surface area contributed by atoms with E-state index in [4.69, 9.17) is 5.73 Å². The van der Waals surface area contributed by atoms with Crippen molar-refractivity contribution >= 4 is 28.4 Å². The Morgan fingerprint density at radius 2 is 2.30 bits per heavy atom. The average Bonchev–Trinajstić information content (AvgIpc) is 2.57. The third kappa shape index (κ3) is 2.22. The van der Waals surface area contributed by atoms with Gasteiger partial charge in [0, 0.05) is 13.2 Å². The van der Waals surface area contributed by atoms with Crippen LogP contribution < -0.4 is 21.2 Å². The summed E-state index contributed by atoms with van der Waals surface area (Å²) in [4.78, 5) is 29.3. The lowest BCUT2D eigenvalue weighted by atomic mass is 10.2. The van der Waals surface area contributed by atoms with Crippen molar-refractivity contribution in [2.45, 2.75) is 6.54 Å². The van der Waals surface area contributed by atoms with Gasteiger partial charge in [-0.05, 0) is 18.2 Å². The molecule has 0 aliphatic carbocycles. The third-order valence-corrected chi connectivity index (χ3v) is 3.64. The van der Waals surface area contributed by atoms with Crippen LogP contribution in [-0.2, 0) is 6.54 Å². The first-order valence-corrected chi connectivity index (χ1v) is 7.05. The lowest BCUT2D eigenvalue weighted by Crippen LogP contribution is -2.42. The number of hydrogen-bond donors (Lipinski definition) is 2. The molecule has 0 atom stereocenters. The summed E-state index contributed by atoms with van der Waals surface area (Å²) in [5.41, 5.74) is 7.02. The maximum Gasteiger partial charge on any atom is 0.278 e. The Hall–Kier alpha value is -3.22. The summed E-state index contributed by atoms with van der Waals surface area (Å²) in [6, 6.07) is 6.77. The average molecular weight is 310 g/mol. The quantitative estimate of drug-likeness (QED) is 0.412. The molecule has 23 heavy (non-hydrogen) atoms. The van der Waals surface area contributed by atoms with Gasteiger partial charge in [0.1, 0.15) is 10.9 Å². The summed E-state index contributed by atoms with van der Waals surface area (Å²) in [5, 5.41) is 2.85. The fraction of sp³-hybridized carbons (Fsp3) is 0.125. The lowest BCUT2D eigenvalue weighted by Gasteiger charge is -2.10. The number of carbonyl (C=O) groups is 1. The van der Waals surface area contributed by atoms with Gasteiger partial charge in [-0.1, -0.05) is 23.7 Å². The van der Waals surface area contributed by atoms with E-state index in [2.05, 4.69) is 16.9 Å². The van der Waals surface area contributed by atoms with Crippen LogP contribution in [0.25, 0.3) is 16.7 Å². The molecule has 3 rings (SSSR count). The molecule has 7 heteroatoms. The highest BCUT2D eigenvalue weighted by Crippen LogP contribution is 2.14. The molecule has 0 spiro atoms. The van der Waals surface area contributed by atoms with E-state index in [0.29, 0.717) is 23.2 Å². The largest absolute Gasteiger partial charge is 0.355 e. The molecule has 7 nitrogen and oxygen atoms in total. The number of rotatable bonds is 3. The van der Waals surface area contributed by atoms with Crippen LogP contribution in [0.15, 0.2) is 47.9 Å². The molecule has 3 aromatic rings. The molecule has 3 heterocycles. The Morgan fingerprint density at radius 3 is 3.00 bits per heavy atom. The standard InChI is InChI=1S/C16H15N5O2/c1-3-7-21-13(17)10(15(22)18-2)9-11-14(21)19-12-6-4-5-8-20(12)16(11)23/h3-6,8-9,17H,1,7H2,2H3,(H,18,22)/p+1. The molecule has 0 aliphatic heterocycles. The van der Waals surface area contributed by atoms with Crippen molar-refractivity contribution in [1.82, 2.24) is 14.7 Å². The maximum atomic E-state index is 12.7. The van der Waals surface area contributed by atoms with Crippen molar-refractivity contribution in [2.75, 3.05) is 12.8 Å². The number of anilines is 1. The summed E-state index contributed by atoms with van der Waals surface area (Å²) in [6.07, 6.45) is 3.27. The summed E-state index contributed by atoms with van der Waals surface area (Å²) in [7, 11) is 1.51. The molecule has 0 radical (unpaired) electrons. The van der Waals surface area contributed by atoms with Crippen LogP contribution in [-0.4, -0.2) is 22.3 Å². The molecule has 1 amide bonds. The molecule has 0 saturated heterocycles. The van der Waals surface area contributed by atoms with Gasteiger partial charge in [-0.25, -0.2) is 4.57 Å². The fourth-order valence-electron chi connectivity index (χ4n) is 2.53. The number of fused-ring (bicyclic) bond motifs is 2. The second-order valence-corrected chi connectivity index (χ2v) is 5.00. The van der Waals surface area contributed by atoms with E-state index in [1.165, 1.54) is 17.5 Å². The molecule has 3 aromatic heterocycles. The lowest BCUT2D eigenvalue weighted by molar-refractivity contribution is -0.648. The van der Waals surface area contributed by atoms with Gasteiger partial charge in [0.05, 0.1) is 6.54 Å². The first kappa shape index (κ1) is 14.7. The smallest absolute Gasteiger partial charge is 0.278 e. The fourth-order valence-corrected chi connectivity index (χ4v) is 2.53. The third-order valence-electron chi connectivity index (χ3n) is 3.64. The van der Waals surface area contributed by atoms with Gasteiger partial charge in [0.25, 0.3) is 17.1 Å². The van der Waals surface area contributed by atoms with Crippen LogP contribution in [0.3, 0.4) is 0 Å². The Morgan fingerprint density at radius 1 is 1.52 bits per heavy atom. The molecule has 0 aliphatic rings. The number of pyridine rings is 2. The van der Waals surface area contributed by atoms with E-state index >= 15 is 0 Å². The van der Waals surface area contributed by atoms with E-state index < -0.39 is 0 Å². The highest BCUT2D eigenvalue weighted by Gasteiger charge is 2.23. The Labute approximate surface area is 131 Å². The molecule has 0 bridgehead atoms. The van der Waals surface area contributed by atoms with Crippen molar-refractivity contribution in [3.8, 4) is 0 Å². The number of hydrogen-bond acceptors (Lipinski definition) is 4. The van der Waals surface area contributed by atoms with Crippen molar-refractivity contribution in [1.29, 1.82) is 0 Å². The van der Waals surface area contributed by atoms with E-state index in [-0.39, 0.29) is 22.8 Å². The van der Waals surface area contributed by atoms with Crippen molar-refractivity contribution in [3.63, 3.8) is 0 Å². The molecule has 116 valence electrons. The molecular weight excluding hydrogens is 294 g/mol. The van der Waals surface area contributed by atoms with Crippen LogP contribution in [0.4, 0.5) is 5.82 Å². The molecular formula is C16H16N5O2+. The van der Waals surface area contributed by atoms with Gasteiger partial charge in [-0.3, -0.25) is 14.0 Å². The van der Waals surface area contributed by atoms with Crippen LogP contribution in [0, 0.1) is 0 Å². The van der Waals surface area contributed by atoms with Gasteiger partial charge < -0.3 is 11.1 Å². The first-order valence-electron chi connectivity index (χ1n) is 7.05. The second-order valence-electron chi connectivity index (χ2n) is 5.00. The van der Waals surface area contributed by atoms with Crippen LogP contribution >= 0.6 is 0 Å². The number of nitrogens with one attached hydrogen (secondary N) is 1. The predicted octanol–water partition coefficient (Wildman–Crippen LogP) is 0.263. The maximum absolute atomic E-state index is 12.7. The summed E-state index contributed by atoms with van der Waals surface area (Å²) >= 11 is 0. The van der Waals surface area contributed by atoms with Crippen molar-refractivity contribution in [2.24, 2.45) is 0 Å². The SMILES string of the molecule is C=CC[n+]1c(N)c(C(=O)NC)cc2c(=O)n3ccccc3nc21. The second kappa shape index (κ2) is 5.53. The Balaban J connectivity index is 2.53. The van der Waals surface area contributed by atoms with Gasteiger partial charge >= 0.3 is 0 Å². The Kier molecular flexibility index (Phi) is 3.53. The summed E-state index contributed by atoms with van der Waals surface area (Å²) in [5.74, 6) is -0.122. The number of carbonyl (C=O) groups excluding carboxylic acids is 1. The normalized spacial score (nSPS) is 10.8. The minimum absolute atomic E-state index is 0.233. The molecule has 3 N–H and O–H groups in total. The Bertz CT molecular complexity index is 1010. The zero-order chi connectivity index (χ0) is 16.6. The minimum atomic E-state index is -0.361. The van der Waals surface area contributed by atoms with Gasteiger partial charge in [0.2, 0.25) is 11.5 Å². The molecule has 0 fully saturated rings. The zero-order valence-corrected chi connectivity index (χ0v) is 12.6. The number of aromatic nitrogens is 3. The topological polar surface area (TPSA) is 93.4 Å². The molecule has 0 saturated carbocycles. The number of allylic oxidation sites excluding steroid dienone is 1. The van der Waals surface area contributed by atoms with E-state index in [0.717, 1.165) is 0 Å². The highest BCUT2D eigenvalue weighted by molar-refractivity contribution is 6.00. The number of nitrogens with two attached hydrogens (primary N) is 1. The molecule has 0 unspecified atom stereocenters. The van der Waals surface area contributed by atoms with E-state index in [1.807, 2.05) is 0 Å². The van der Waals surface area contributed by atoms with Crippen LogP contribution in [0.5, 0.6) is 0 Å². The number of amides is 1. The van der Waals surface area contributed by atoms with E-state index in [1.54, 1.807) is 35.0 Å². The van der Waals surface area contributed by atoms with Gasteiger partial charge in [0.15, 0.2) is 0 Å². The van der Waals surface area contributed by atoms with Crippen LogP contribution in [0.1, 0.15) is 10.4 Å². The highest BCUT2D eigenvalue weighted by atomic mass is 16.1. The number of nitrogen functional groups attached to an aromatic ring is 1. The minimum Gasteiger partial charge on any atom is -0.355 e. The molecule has 0 aromatic carbocycles. The van der Waals surface area contributed by atoms with Crippen LogP contribution in [0.2, 0.25) is 0 Å². The van der Waals surface area contributed by atoms with Crippen molar-refractivity contribution in [3.05, 3.63) is 59.0 Å². The van der Waals surface area contributed by atoms with Gasteiger partial charge in [-0.2, -0.15) is 0 Å². The first-order chi connectivity index (χ1) is 11.1. The van der Waals surface area contributed by atoms with E-state index in [9.17, 15) is 9.59 Å². The number of nitrogens with zero attached hydrogens (tertiary/aromatic N) is 3. The summed E-state index contributed by atoms with van der Waals surface area (Å²) in [6.45, 7) is 4.03. The predicted molar refractivity (Wildman–Crippen MR) is 87.2 cm³/mol. The monoisotopic (exact) mass is 310 g/mol.